The normalized spacial score (nSPS) is 10.8. The minimum absolute atomic E-state index is 0.273. The van der Waals surface area contributed by atoms with Crippen molar-refractivity contribution in [1.29, 1.82) is 0 Å². The van der Waals surface area contributed by atoms with Gasteiger partial charge < -0.3 is 5.32 Å². The van der Waals surface area contributed by atoms with E-state index in [1.165, 1.54) is 11.8 Å². The van der Waals surface area contributed by atoms with Crippen LogP contribution in [0.4, 0.5) is 5.82 Å². The summed E-state index contributed by atoms with van der Waals surface area (Å²) in [7, 11) is 0. The van der Waals surface area contributed by atoms with E-state index >= 15 is 0 Å². The first-order valence-electron chi connectivity index (χ1n) is 7.59. The first-order chi connectivity index (χ1) is 12.5. The molecule has 2 aromatic carbocycles. The fourth-order valence-electron chi connectivity index (χ4n) is 2.34. The summed E-state index contributed by atoms with van der Waals surface area (Å²) in [5, 5.41) is 8.39. The lowest BCUT2D eigenvalue weighted by Crippen LogP contribution is -2.14. The highest BCUT2D eigenvalue weighted by molar-refractivity contribution is 7.98. The second-order valence-corrected chi connectivity index (χ2v) is 7.52. The third-order valence-corrected chi connectivity index (χ3v) is 5.36. The van der Waals surface area contributed by atoms with E-state index in [0.717, 1.165) is 10.5 Å². The number of rotatable bonds is 5. The van der Waals surface area contributed by atoms with E-state index in [0.29, 0.717) is 27.2 Å². The van der Waals surface area contributed by atoms with Crippen molar-refractivity contribution < 1.29 is 4.79 Å². The number of nitrogens with zero attached hydrogens (tertiary/aromatic N) is 2. The van der Waals surface area contributed by atoms with Crippen LogP contribution in [0.25, 0.3) is 0 Å². The zero-order chi connectivity index (χ0) is 18.7. The number of anilines is 1. The third kappa shape index (κ3) is 4.35. The number of hydrogen-bond donors (Lipinski definition) is 1. The maximum atomic E-state index is 12.5. The Kier molecular flexibility index (Phi) is 6.14. The molecule has 26 heavy (non-hydrogen) atoms. The summed E-state index contributed by atoms with van der Waals surface area (Å²) >= 11 is 20.1. The van der Waals surface area contributed by atoms with Crippen LogP contribution in [-0.2, 0) is 6.54 Å². The van der Waals surface area contributed by atoms with Gasteiger partial charge in [0.15, 0.2) is 5.82 Å². The number of carbonyl (C=O) groups excluding carboxylic acids is 1. The molecule has 1 aromatic heterocycles. The maximum Gasteiger partial charge on any atom is 0.258 e. The van der Waals surface area contributed by atoms with Crippen molar-refractivity contribution in [2.45, 2.75) is 11.4 Å². The Morgan fingerprint density at radius 2 is 1.88 bits per heavy atom. The number of benzene rings is 2. The Morgan fingerprint density at radius 1 is 1.12 bits per heavy atom. The molecule has 8 heteroatoms. The lowest BCUT2D eigenvalue weighted by atomic mass is 10.2. The number of thioether (sulfide) groups is 1. The molecule has 0 fully saturated rings. The number of aromatic nitrogens is 2. The standard InChI is InChI=1S/C18H14Cl3N3OS/c1-26-12-6-7-15(20)13(8-12)18(25)22-17-16(21)10-24(23-17)9-11-4-2-3-5-14(11)19/h2-8,10H,9H2,1H3,(H,22,23,25). The average molecular weight is 427 g/mol. The molecule has 0 atom stereocenters. The van der Waals surface area contributed by atoms with Crippen LogP contribution < -0.4 is 5.32 Å². The van der Waals surface area contributed by atoms with Gasteiger partial charge in [-0.2, -0.15) is 5.10 Å². The van der Waals surface area contributed by atoms with Crippen LogP contribution in [0.3, 0.4) is 0 Å². The Balaban J connectivity index is 1.80. The molecule has 1 amide bonds. The number of carbonyl (C=O) groups is 1. The molecule has 0 aliphatic rings. The van der Waals surface area contributed by atoms with Crippen LogP contribution in [0.1, 0.15) is 15.9 Å². The van der Waals surface area contributed by atoms with E-state index < -0.39 is 0 Å². The Morgan fingerprint density at radius 3 is 2.62 bits per heavy atom. The van der Waals surface area contributed by atoms with Crippen LogP contribution in [0.15, 0.2) is 53.6 Å². The van der Waals surface area contributed by atoms with Crippen LogP contribution in [0, 0.1) is 0 Å². The van der Waals surface area contributed by atoms with Gasteiger partial charge in [0.25, 0.3) is 5.91 Å². The largest absolute Gasteiger partial charge is 0.304 e. The number of hydrogen-bond acceptors (Lipinski definition) is 3. The van der Waals surface area contributed by atoms with Crippen LogP contribution in [0.2, 0.25) is 15.1 Å². The topological polar surface area (TPSA) is 46.9 Å². The summed E-state index contributed by atoms with van der Waals surface area (Å²) in [6, 6.07) is 12.8. The van der Waals surface area contributed by atoms with Crippen molar-refractivity contribution in [1.82, 2.24) is 9.78 Å². The molecular weight excluding hydrogens is 413 g/mol. The Labute approximate surface area is 170 Å². The second kappa shape index (κ2) is 8.35. The van der Waals surface area contributed by atoms with Crippen molar-refractivity contribution in [3.8, 4) is 0 Å². The van der Waals surface area contributed by atoms with Crippen LogP contribution in [0.5, 0.6) is 0 Å². The monoisotopic (exact) mass is 425 g/mol. The van der Waals surface area contributed by atoms with E-state index in [9.17, 15) is 4.79 Å². The van der Waals surface area contributed by atoms with Gasteiger partial charge in [0.2, 0.25) is 0 Å². The molecule has 0 aliphatic carbocycles. The van der Waals surface area contributed by atoms with Gasteiger partial charge in [-0.25, -0.2) is 0 Å². The molecule has 0 bridgehead atoms. The molecule has 0 radical (unpaired) electrons. The number of amides is 1. The van der Waals surface area contributed by atoms with Gasteiger partial charge in [0, 0.05) is 16.1 Å². The molecule has 0 spiro atoms. The summed E-state index contributed by atoms with van der Waals surface area (Å²) in [5.74, 6) is -0.0925. The summed E-state index contributed by atoms with van der Waals surface area (Å²) < 4.78 is 1.62. The van der Waals surface area contributed by atoms with E-state index in [1.807, 2.05) is 36.6 Å². The van der Waals surface area contributed by atoms with Gasteiger partial charge >= 0.3 is 0 Å². The highest BCUT2D eigenvalue weighted by Crippen LogP contribution is 2.26. The molecule has 0 saturated carbocycles. The van der Waals surface area contributed by atoms with Gasteiger partial charge in [-0.15, -0.1) is 11.8 Å². The molecule has 0 saturated heterocycles. The summed E-state index contributed by atoms with van der Waals surface area (Å²) in [5.41, 5.74) is 1.28. The zero-order valence-corrected chi connectivity index (χ0v) is 16.8. The molecular formula is C18H14Cl3N3OS. The zero-order valence-electron chi connectivity index (χ0n) is 13.7. The lowest BCUT2D eigenvalue weighted by Gasteiger charge is -2.07. The van der Waals surface area contributed by atoms with E-state index in [1.54, 1.807) is 23.0 Å². The van der Waals surface area contributed by atoms with Crippen molar-refractivity contribution in [2.75, 3.05) is 11.6 Å². The first kappa shape index (κ1) is 19.1. The predicted molar refractivity (Wildman–Crippen MR) is 109 cm³/mol. The SMILES string of the molecule is CSc1ccc(Cl)c(C(=O)Nc2nn(Cc3ccccc3Cl)cc2Cl)c1. The molecule has 3 rings (SSSR count). The smallest absolute Gasteiger partial charge is 0.258 e. The summed E-state index contributed by atoms with van der Waals surface area (Å²) in [4.78, 5) is 13.5. The molecule has 134 valence electrons. The highest BCUT2D eigenvalue weighted by Gasteiger charge is 2.16. The van der Waals surface area contributed by atoms with Gasteiger partial charge in [0.05, 0.1) is 17.1 Å². The molecule has 0 aliphatic heterocycles. The fraction of sp³-hybridized carbons (Fsp3) is 0.111. The second-order valence-electron chi connectivity index (χ2n) is 5.41. The van der Waals surface area contributed by atoms with Gasteiger partial charge in [-0.1, -0.05) is 53.0 Å². The summed E-state index contributed by atoms with van der Waals surface area (Å²) in [6.07, 6.45) is 3.57. The Hall–Kier alpha value is -1.66. The minimum atomic E-state index is -0.365. The maximum absolute atomic E-state index is 12.5. The third-order valence-electron chi connectivity index (χ3n) is 3.66. The van der Waals surface area contributed by atoms with Crippen molar-refractivity contribution in [3.63, 3.8) is 0 Å². The van der Waals surface area contributed by atoms with Crippen molar-refractivity contribution >= 4 is 58.3 Å². The molecule has 0 unspecified atom stereocenters. The predicted octanol–water partition coefficient (Wildman–Crippen LogP) is 5.87. The average Bonchev–Trinajstić information content (AvgIpc) is 2.96. The van der Waals surface area contributed by atoms with Crippen molar-refractivity contribution in [2.24, 2.45) is 0 Å². The number of halogens is 3. The van der Waals surface area contributed by atoms with Gasteiger partial charge in [-0.05, 0) is 36.1 Å². The summed E-state index contributed by atoms with van der Waals surface area (Å²) in [6.45, 7) is 0.442. The van der Waals surface area contributed by atoms with Gasteiger partial charge in [0.1, 0.15) is 5.02 Å². The molecule has 3 aromatic rings. The van der Waals surface area contributed by atoms with Crippen LogP contribution in [-0.4, -0.2) is 21.9 Å². The first-order valence-corrected chi connectivity index (χ1v) is 9.95. The molecule has 4 nitrogen and oxygen atoms in total. The fourth-order valence-corrected chi connectivity index (χ4v) is 3.38. The van der Waals surface area contributed by atoms with Gasteiger partial charge in [-0.3, -0.25) is 9.48 Å². The van der Waals surface area contributed by atoms with Crippen LogP contribution >= 0.6 is 46.6 Å². The Bertz CT molecular complexity index is 959. The van der Waals surface area contributed by atoms with Crippen molar-refractivity contribution in [3.05, 3.63) is 74.9 Å². The van der Waals surface area contributed by atoms with E-state index in [-0.39, 0.29) is 11.7 Å². The number of nitrogens with one attached hydrogen (secondary N) is 1. The highest BCUT2D eigenvalue weighted by atomic mass is 35.5. The minimum Gasteiger partial charge on any atom is -0.304 e. The lowest BCUT2D eigenvalue weighted by molar-refractivity contribution is 0.102. The molecule has 1 heterocycles. The quantitative estimate of drug-likeness (QED) is 0.519. The van der Waals surface area contributed by atoms with E-state index in [2.05, 4.69) is 10.4 Å². The molecule has 1 N–H and O–H groups in total. The van der Waals surface area contributed by atoms with E-state index in [4.69, 9.17) is 34.8 Å².